The SMILES string of the molecule is O=Cc1ccc(/C=C2/SC(=S)N(c3ccc(C(=O)O)cc3)C2=O)o1. The summed E-state index contributed by atoms with van der Waals surface area (Å²) in [6.07, 6.45) is 2.09. The van der Waals surface area contributed by atoms with Gasteiger partial charge in [-0.25, -0.2) is 4.79 Å². The Hall–Kier alpha value is -2.71. The van der Waals surface area contributed by atoms with Crippen molar-refractivity contribution >= 4 is 58.2 Å². The van der Waals surface area contributed by atoms with Crippen molar-refractivity contribution in [1.29, 1.82) is 0 Å². The molecule has 8 heteroatoms. The van der Waals surface area contributed by atoms with Gasteiger partial charge in [-0.2, -0.15) is 0 Å². The van der Waals surface area contributed by atoms with E-state index in [0.29, 0.717) is 27.0 Å². The summed E-state index contributed by atoms with van der Waals surface area (Å²) in [5.41, 5.74) is 0.607. The number of thioether (sulfide) groups is 1. The molecule has 0 spiro atoms. The van der Waals surface area contributed by atoms with Gasteiger partial charge >= 0.3 is 5.97 Å². The highest BCUT2D eigenvalue weighted by molar-refractivity contribution is 8.27. The second-order valence-corrected chi connectivity index (χ2v) is 6.40. The number of carbonyl (C=O) groups is 3. The molecular weight excluding hydrogens is 350 g/mol. The second-order valence-electron chi connectivity index (χ2n) is 4.73. The molecule has 1 aromatic heterocycles. The van der Waals surface area contributed by atoms with Crippen molar-refractivity contribution in [1.82, 2.24) is 0 Å². The molecule has 0 aliphatic carbocycles. The Morgan fingerprint density at radius 1 is 1.17 bits per heavy atom. The molecule has 3 rings (SSSR count). The number of benzene rings is 1. The number of carboxylic acid groups (broad SMARTS) is 1. The fourth-order valence-electron chi connectivity index (χ4n) is 2.08. The normalized spacial score (nSPS) is 16.0. The molecule has 1 aliphatic heterocycles. The van der Waals surface area contributed by atoms with E-state index >= 15 is 0 Å². The van der Waals surface area contributed by atoms with Gasteiger partial charge in [-0.1, -0.05) is 24.0 Å². The number of carboxylic acids is 1. The molecule has 120 valence electrons. The summed E-state index contributed by atoms with van der Waals surface area (Å²) in [6.45, 7) is 0. The van der Waals surface area contributed by atoms with Crippen LogP contribution >= 0.6 is 24.0 Å². The van der Waals surface area contributed by atoms with Crippen LogP contribution in [-0.2, 0) is 4.79 Å². The molecule has 24 heavy (non-hydrogen) atoms. The summed E-state index contributed by atoms with van der Waals surface area (Å²) in [5.74, 6) is -0.840. The molecule has 1 aliphatic rings. The Bertz CT molecular complexity index is 882. The number of nitrogens with zero attached hydrogens (tertiary/aromatic N) is 1. The van der Waals surface area contributed by atoms with Gasteiger partial charge in [0, 0.05) is 6.08 Å². The quantitative estimate of drug-likeness (QED) is 0.509. The highest BCUT2D eigenvalue weighted by Crippen LogP contribution is 2.36. The lowest BCUT2D eigenvalue weighted by atomic mass is 10.2. The maximum absolute atomic E-state index is 12.5. The molecule has 1 fully saturated rings. The third-order valence-corrected chi connectivity index (χ3v) is 4.51. The molecule has 1 saturated heterocycles. The lowest BCUT2D eigenvalue weighted by Gasteiger charge is -2.14. The largest absolute Gasteiger partial charge is 0.478 e. The summed E-state index contributed by atoms with van der Waals surface area (Å²) in [5, 5.41) is 8.92. The van der Waals surface area contributed by atoms with E-state index in [-0.39, 0.29) is 17.2 Å². The molecule has 0 saturated carbocycles. The average Bonchev–Trinajstić information content (AvgIpc) is 3.12. The van der Waals surface area contributed by atoms with Gasteiger partial charge in [-0.3, -0.25) is 14.5 Å². The third kappa shape index (κ3) is 3.01. The first-order chi connectivity index (χ1) is 11.5. The lowest BCUT2D eigenvalue weighted by molar-refractivity contribution is -0.113. The van der Waals surface area contributed by atoms with Crippen LogP contribution in [-0.4, -0.2) is 27.6 Å². The van der Waals surface area contributed by atoms with Crippen molar-refractivity contribution in [3.63, 3.8) is 0 Å². The minimum absolute atomic E-state index is 0.122. The molecule has 1 N–H and O–H groups in total. The summed E-state index contributed by atoms with van der Waals surface area (Å²) >= 11 is 6.33. The van der Waals surface area contributed by atoms with E-state index in [9.17, 15) is 14.4 Å². The highest BCUT2D eigenvalue weighted by atomic mass is 32.2. The molecule has 2 heterocycles. The molecular formula is C16H9NO5S2. The number of thiocarbonyl (C=S) groups is 1. The average molecular weight is 359 g/mol. The number of anilines is 1. The molecule has 1 aromatic carbocycles. The van der Waals surface area contributed by atoms with E-state index in [0.717, 1.165) is 11.8 Å². The van der Waals surface area contributed by atoms with E-state index in [1.165, 1.54) is 41.3 Å². The van der Waals surface area contributed by atoms with E-state index in [1.54, 1.807) is 6.07 Å². The Balaban J connectivity index is 1.88. The summed E-state index contributed by atoms with van der Waals surface area (Å²) in [6, 6.07) is 8.94. The zero-order valence-electron chi connectivity index (χ0n) is 12.0. The van der Waals surface area contributed by atoms with Gasteiger partial charge in [0.1, 0.15) is 5.76 Å². The molecule has 1 amide bonds. The summed E-state index contributed by atoms with van der Waals surface area (Å²) in [7, 11) is 0. The number of carbonyl (C=O) groups excluding carboxylic acids is 2. The lowest BCUT2D eigenvalue weighted by Crippen LogP contribution is -2.27. The first-order valence-electron chi connectivity index (χ1n) is 6.66. The van der Waals surface area contributed by atoms with Gasteiger partial charge in [0.2, 0.25) is 0 Å². The second kappa shape index (κ2) is 6.42. The van der Waals surface area contributed by atoms with Crippen molar-refractivity contribution in [3.05, 3.63) is 58.4 Å². The van der Waals surface area contributed by atoms with Crippen LogP contribution in [0.2, 0.25) is 0 Å². The first kappa shape index (κ1) is 16.2. The van der Waals surface area contributed by atoms with Crippen LogP contribution in [0.3, 0.4) is 0 Å². The number of hydrogen-bond donors (Lipinski definition) is 1. The van der Waals surface area contributed by atoms with E-state index in [1.807, 2.05) is 0 Å². The zero-order valence-corrected chi connectivity index (χ0v) is 13.6. The van der Waals surface area contributed by atoms with Crippen molar-refractivity contribution in [2.24, 2.45) is 0 Å². The summed E-state index contributed by atoms with van der Waals surface area (Å²) in [4.78, 5) is 35.7. The maximum Gasteiger partial charge on any atom is 0.335 e. The Labute approximate surface area is 145 Å². The van der Waals surface area contributed by atoms with Gasteiger partial charge in [0.15, 0.2) is 16.4 Å². The Morgan fingerprint density at radius 3 is 2.42 bits per heavy atom. The predicted molar refractivity (Wildman–Crippen MR) is 93.1 cm³/mol. The van der Waals surface area contributed by atoms with Crippen LogP contribution in [0.25, 0.3) is 6.08 Å². The maximum atomic E-state index is 12.5. The standard InChI is InChI=1S/C16H9NO5S2/c18-8-12-6-5-11(22-12)7-13-14(19)17(16(23)24-13)10-3-1-9(2-4-10)15(20)21/h1-8H,(H,20,21)/b13-7+. The topological polar surface area (TPSA) is 87.8 Å². The zero-order chi connectivity index (χ0) is 17.3. The molecule has 0 bridgehead atoms. The first-order valence-corrected chi connectivity index (χ1v) is 7.88. The van der Waals surface area contributed by atoms with E-state index in [4.69, 9.17) is 21.7 Å². The molecule has 6 nitrogen and oxygen atoms in total. The van der Waals surface area contributed by atoms with E-state index < -0.39 is 5.97 Å². The third-order valence-electron chi connectivity index (χ3n) is 3.20. The van der Waals surface area contributed by atoms with Crippen LogP contribution < -0.4 is 4.90 Å². The van der Waals surface area contributed by atoms with Gasteiger partial charge in [-0.15, -0.1) is 0 Å². The fourth-order valence-corrected chi connectivity index (χ4v) is 3.36. The van der Waals surface area contributed by atoms with Crippen molar-refractivity contribution in [2.45, 2.75) is 0 Å². The van der Waals surface area contributed by atoms with Crippen LogP contribution in [0.1, 0.15) is 26.7 Å². The number of amides is 1. The minimum Gasteiger partial charge on any atom is -0.478 e. The monoisotopic (exact) mass is 359 g/mol. The molecule has 0 atom stereocenters. The number of aldehydes is 1. The van der Waals surface area contributed by atoms with Gasteiger partial charge in [0.25, 0.3) is 5.91 Å². The molecule has 2 aromatic rings. The van der Waals surface area contributed by atoms with Gasteiger partial charge in [-0.05, 0) is 36.4 Å². The molecule has 0 radical (unpaired) electrons. The van der Waals surface area contributed by atoms with Crippen LogP contribution in [0.15, 0.2) is 45.7 Å². The number of aromatic carboxylic acids is 1. The van der Waals surface area contributed by atoms with Gasteiger partial charge < -0.3 is 9.52 Å². The Kier molecular flexibility index (Phi) is 4.32. The number of hydrogen-bond acceptors (Lipinski definition) is 6. The predicted octanol–water partition coefficient (Wildman–Crippen LogP) is 3.20. The van der Waals surface area contributed by atoms with Gasteiger partial charge in [0.05, 0.1) is 16.2 Å². The highest BCUT2D eigenvalue weighted by Gasteiger charge is 2.33. The summed E-state index contributed by atoms with van der Waals surface area (Å²) < 4.78 is 5.55. The van der Waals surface area contributed by atoms with Crippen LogP contribution in [0.5, 0.6) is 0 Å². The van der Waals surface area contributed by atoms with E-state index in [2.05, 4.69) is 0 Å². The smallest absolute Gasteiger partial charge is 0.335 e. The molecule has 0 unspecified atom stereocenters. The number of furan rings is 1. The van der Waals surface area contributed by atoms with Crippen LogP contribution in [0, 0.1) is 0 Å². The Morgan fingerprint density at radius 2 is 1.83 bits per heavy atom. The number of rotatable bonds is 4. The van der Waals surface area contributed by atoms with Crippen LogP contribution in [0.4, 0.5) is 5.69 Å². The van der Waals surface area contributed by atoms with Crippen molar-refractivity contribution in [3.8, 4) is 0 Å². The van der Waals surface area contributed by atoms with Crippen molar-refractivity contribution < 1.29 is 23.9 Å². The van der Waals surface area contributed by atoms with Crippen molar-refractivity contribution in [2.75, 3.05) is 4.90 Å². The minimum atomic E-state index is -1.05. The fraction of sp³-hybridized carbons (Fsp3) is 0.